The van der Waals surface area contributed by atoms with Gasteiger partial charge < -0.3 is 4.42 Å². The van der Waals surface area contributed by atoms with Gasteiger partial charge in [-0.25, -0.2) is 4.98 Å². The molecule has 1 rings (SSSR count). The highest BCUT2D eigenvalue weighted by molar-refractivity contribution is 7.79. The van der Waals surface area contributed by atoms with Crippen LogP contribution in [-0.4, -0.2) is 4.98 Å². The molecule has 0 aliphatic heterocycles. The zero-order chi connectivity index (χ0) is 6.85. The van der Waals surface area contributed by atoms with Gasteiger partial charge in [0.1, 0.15) is 5.76 Å². The smallest absolute Gasteiger partial charge is 0.191 e. The molecule has 0 amide bonds. The van der Waals surface area contributed by atoms with Crippen molar-refractivity contribution in [1.82, 2.24) is 4.98 Å². The first kappa shape index (κ1) is 6.68. The second-order valence-corrected chi connectivity index (χ2v) is 2.21. The van der Waals surface area contributed by atoms with E-state index in [0.29, 0.717) is 5.75 Å². The van der Waals surface area contributed by atoms with Crippen LogP contribution in [0, 0.1) is 13.8 Å². The van der Waals surface area contributed by atoms with Crippen LogP contribution >= 0.6 is 12.6 Å². The third kappa shape index (κ3) is 1.27. The molecule has 1 heterocycles. The molecule has 0 aliphatic rings. The van der Waals surface area contributed by atoms with Crippen LogP contribution in [0.25, 0.3) is 0 Å². The van der Waals surface area contributed by atoms with E-state index in [2.05, 4.69) is 17.6 Å². The molecule has 0 N–H and O–H groups in total. The van der Waals surface area contributed by atoms with Crippen LogP contribution in [0.5, 0.6) is 0 Å². The third-order valence-electron chi connectivity index (χ3n) is 1.15. The van der Waals surface area contributed by atoms with Crippen LogP contribution in [0.2, 0.25) is 0 Å². The zero-order valence-electron chi connectivity index (χ0n) is 5.51. The summed E-state index contributed by atoms with van der Waals surface area (Å²) in [7, 11) is 0. The average Bonchev–Trinajstić information content (AvgIpc) is 2.10. The second-order valence-electron chi connectivity index (χ2n) is 1.89. The van der Waals surface area contributed by atoms with Gasteiger partial charge in [-0.1, -0.05) is 0 Å². The molecule has 9 heavy (non-hydrogen) atoms. The molecule has 0 unspecified atom stereocenters. The van der Waals surface area contributed by atoms with E-state index in [-0.39, 0.29) is 0 Å². The van der Waals surface area contributed by atoms with E-state index >= 15 is 0 Å². The molecule has 0 bridgehead atoms. The molecule has 0 saturated carbocycles. The van der Waals surface area contributed by atoms with Gasteiger partial charge in [-0.2, -0.15) is 12.6 Å². The first-order valence-corrected chi connectivity index (χ1v) is 3.41. The summed E-state index contributed by atoms with van der Waals surface area (Å²) >= 11 is 4.07. The molecule has 0 radical (unpaired) electrons. The maximum Gasteiger partial charge on any atom is 0.191 e. The van der Waals surface area contributed by atoms with E-state index in [0.717, 1.165) is 17.3 Å². The lowest BCUT2D eigenvalue weighted by Crippen LogP contribution is -1.79. The minimum absolute atomic E-state index is 0.656. The normalized spacial score (nSPS) is 10.1. The summed E-state index contributed by atoms with van der Waals surface area (Å²) in [4.78, 5) is 4.09. The molecule has 0 saturated heterocycles. The van der Waals surface area contributed by atoms with Crippen molar-refractivity contribution < 1.29 is 4.42 Å². The van der Waals surface area contributed by atoms with Gasteiger partial charge in [-0.15, -0.1) is 0 Å². The number of rotatable bonds is 1. The van der Waals surface area contributed by atoms with Gasteiger partial charge >= 0.3 is 0 Å². The highest BCUT2D eigenvalue weighted by Crippen LogP contribution is 2.09. The van der Waals surface area contributed by atoms with Gasteiger partial charge in [0.25, 0.3) is 0 Å². The molecular weight excluding hydrogens is 134 g/mol. The summed E-state index contributed by atoms with van der Waals surface area (Å²) in [5.41, 5.74) is 0.941. The second kappa shape index (κ2) is 2.43. The Morgan fingerprint density at radius 2 is 2.22 bits per heavy atom. The van der Waals surface area contributed by atoms with Gasteiger partial charge in [-0.05, 0) is 6.92 Å². The van der Waals surface area contributed by atoms with Crippen LogP contribution in [-0.2, 0) is 5.75 Å². The standard InChI is InChI=1S/C6H9NOS/c1-4-6(3-9)7-5(2)8-4/h9H,3H2,1-2H3. The number of thiol groups is 1. The quantitative estimate of drug-likeness (QED) is 0.606. The lowest BCUT2D eigenvalue weighted by atomic mass is 10.4. The Bertz CT molecular complexity index is 207. The Morgan fingerprint density at radius 1 is 1.56 bits per heavy atom. The fourth-order valence-corrected chi connectivity index (χ4v) is 1.01. The molecule has 50 valence electrons. The Hall–Kier alpha value is -0.440. The predicted molar refractivity (Wildman–Crippen MR) is 38.7 cm³/mol. The number of hydrogen-bond acceptors (Lipinski definition) is 3. The van der Waals surface area contributed by atoms with Crippen molar-refractivity contribution >= 4 is 12.6 Å². The van der Waals surface area contributed by atoms with Crippen molar-refractivity contribution in [3.63, 3.8) is 0 Å². The topological polar surface area (TPSA) is 26.0 Å². The Labute approximate surface area is 59.7 Å². The number of hydrogen-bond donors (Lipinski definition) is 1. The largest absolute Gasteiger partial charge is 0.446 e. The lowest BCUT2D eigenvalue weighted by molar-refractivity contribution is 0.493. The molecule has 3 heteroatoms. The third-order valence-corrected chi connectivity index (χ3v) is 1.45. The van der Waals surface area contributed by atoms with Crippen molar-refractivity contribution in [1.29, 1.82) is 0 Å². The zero-order valence-corrected chi connectivity index (χ0v) is 6.40. The average molecular weight is 143 g/mol. The fraction of sp³-hybridized carbons (Fsp3) is 0.500. The summed E-state index contributed by atoms with van der Waals surface area (Å²) in [6.07, 6.45) is 0. The van der Waals surface area contributed by atoms with E-state index < -0.39 is 0 Å². The molecule has 0 atom stereocenters. The van der Waals surface area contributed by atoms with E-state index in [1.165, 1.54) is 0 Å². The van der Waals surface area contributed by atoms with Crippen LogP contribution in [0.1, 0.15) is 17.3 Å². The van der Waals surface area contributed by atoms with Crippen molar-refractivity contribution in [3.8, 4) is 0 Å². The maximum atomic E-state index is 5.15. The summed E-state index contributed by atoms with van der Waals surface area (Å²) in [6, 6.07) is 0. The number of oxazole rings is 1. The predicted octanol–water partition coefficient (Wildman–Crippen LogP) is 1.72. The molecule has 0 aromatic carbocycles. The lowest BCUT2D eigenvalue weighted by Gasteiger charge is -1.83. The van der Waals surface area contributed by atoms with E-state index in [1.54, 1.807) is 0 Å². The summed E-state index contributed by atoms with van der Waals surface area (Å²) in [5, 5.41) is 0. The number of nitrogens with zero attached hydrogens (tertiary/aromatic N) is 1. The molecule has 0 spiro atoms. The summed E-state index contributed by atoms with van der Waals surface area (Å²) < 4.78 is 5.15. The molecule has 1 aromatic rings. The van der Waals surface area contributed by atoms with E-state index in [9.17, 15) is 0 Å². The van der Waals surface area contributed by atoms with Gasteiger partial charge in [0.05, 0.1) is 5.69 Å². The Kier molecular flexibility index (Phi) is 1.81. The first-order chi connectivity index (χ1) is 4.24. The van der Waals surface area contributed by atoms with Crippen molar-refractivity contribution in [2.75, 3.05) is 0 Å². The SMILES string of the molecule is Cc1nc(CS)c(C)o1. The van der Waals surface area contributed by atoms with Gasteiger partial charge in [0.15, 0.2) is 5.89 Å². The molecule has 0 aliphatic carbocycles. The minimum Gasteiger partial charge on any atom is -0.446 e. The van der Waals surface area contributed by atoms with Gasteiger partial charge in [-0.3, -0.25) is 0 Å². The maximum absolute atomic E-state index is 5.15. The fourth-order valence-electron chi connectivity index (χ4n) is 0.719. The molecule has 1 aromatic heterocycles. The molecular formula is C6H9NOS. The highest BCUT2D eigenvalue weighted by atomic mass is 32.1. The monoisotopic (exact) mass is 143 g/mol. The Balaban J connectivity index is 3.01. The number of aromatic nitrogens is 1. The van der Waals surface area contributed by atoms with Crippen LogP contribution in [0.4, 0.5) is 0 Å². The molecule has 2 nitrogen and oxygen atoms in total. The minimum atomic E-state index is 0.656. The first-order valence-electron chi connectivity index (χ1n) is 2.78. The summed E-state index contributed by atoms with van der Waals surface area (Å²) in [6.45, 7) is 3.73. The summed E-state index contributed by atoms with van der Waals surface area (Å²) in [5.74, 6) is 2.25. The van der Waals surface area contributed by atoms with Crippen molar-refractivity contribution in [2.24, 2.45) is 0 Å². The van der Waals surface area contributed by atoms with Crippen molar-refractivity contribution in [3.05, 3.63) is 17.3 Å². The van der Waals surface area contributed by atoms with Crippen LogP contribution in [0.15, 0.2) is 4.42 Å². The van der Waals surface area contributed by atoms with Gasteiger partial charge in [0, 0.05) is 12.7 Å². The van der Waals surface area contributed by atoms with Crippen LogP contribution < -0.4 is 0 Å². The van der Waals surface area contributed by atoms with Crippen LogP contribution in [0.3, 0.4) is 0 Å². The Morgan fingerprint density at radius 3 is 2.44 bits per heavy atom. The van der Waals surface area contributed by atoms with Crippen molar-refractivity contribution in [2.45, 2.75) is 19.6 Å². The molecule has 0 fully saturated rings. The van der Waals surface area contributed by atoms with E-state index in [4.69, 9.17) is 4.42 Å². The van der Waals surface area contributed by atoms with Gasteiger partial charge in [0.2, 0.25) is 0 Å². The van der Waals surface area contributed by atoms with E-state index in [1.807, 2.05) is 13.8 Å². The highest BCUT2D eigenvalue weighted by Gasteiger charge is 2.01. The number of aryl methyl sites for hydroxylation is 2.